The number of methoxy groups -OCH3 is 1. The van der Waals surface area contributed by atoms with E-state index in [2.05, 4.69) is 12.8 Å². The molecule has 0 unspecified atom stereocenters. The van der Waals surface area contributed by atoms with E-state index in [1.54, 1.807) is 7.11 Å². The van der Waals surface area contributed by atoms with Crippen LogP contribution in [0, 0.1) is 12.3 Å². The molecule has 3 heteroatoms. The molecule has 0 spiro atoms. The molecule has 22 heavy (non-hydrogen) atoms. The summed E-state index contributed by atoms with van der Waals surface area (Å²) in [6, 6.07) is 0. The number of aliphatic hydroxyl groups excluding tert-OH is 1. The molecule has 3 nitrogen and oxygen atoms in total. The largest absolute Gasteiger partial charge is 0.393 e. The molecule has 0 amide bonds. The maximum absolute atomic E-state index is 10.1. The lowest BCUT2D eigenvalue weighted by Crippen LogP contribution is -2.21. The van der Waals surface area contributed by atoms with Crippen molar-refractivity contribution in [2.75, 3.05) is 13.9 Å². The number of rotatable bonds is 16. The lowest BCUT2D eigenvalue weighted by atomic mass is 10.0. The Morgan fingerprint density at radius 1 is 1.00 bits per heavy atom. The fourth-order valence-electron chi connectivity index (χ4n) is 2.62. The van der Waals surface area contributed by atoms with Gasteiger partial charge in [0.1, 0.15) is 6.79 Å². The van der Waals surface area contributed by atoms with Gasteiger partial charge in [0.15, 0.2) is 0 Å². The van der Waals surface area contributed by atoms with Gasteiger partial charge in [0.05, 0.1) is 12.2 Å². The molecule has 0 saturated carbocycles. The van der Waals surface area contributed by atoms with Crippen molar-refractivity contribution in [1.29, 1.82) is 0 Å². The van der Waals surface area contributed by atoms with Crippen LogP contribution in [0.1, 0.15) is 84.0 Å². The molecular formula is C19H36O3. The highest BCUT2D eigenvalue weighted by atomic mass is 16.7. The molecule has 0 fully saturated rings. The van der Waals surface area contributed by atoms with E-state index in [-0.39, 0.29) is 19.0 Å². The Kier molecular flexibility index (Phi) is 16.4. The summed E-state index contributed by atoms with van der Waals surface area (Å²) < 4.78 is 10.4. The minimum Gasteiger partial charge on any atom is -0.393 e. The molecule has 0 aliphatic carbocycles. The van der Waals surface area contributed by atoms with Gasteiger partial charge in [-0.25, -0.2) is 0 Å². The zero-order valence-corrected chi connectivity index (χ0v) is 14.7. The number of hydrogen-bond donors (Lipinski definition) is 1. The van der Waals surface area contributed by atoms with Crippen LogP contribution in [-0.2, 0) is 9.47 Å². The predicted molar refractivity (Wildman–Crippen MR) is 92.7 cm³/mol. The van der Waals surface area contributed by atoms with Crippen molar-refractivity contribution < 1.29 is 14.6 Å². The summed E-state index contributed by atoms with van der Waals surface area (Å²) in [6.07, 6.45) is 18.6. The molecule has 0 aromatic heterocycles. The topological polar surface area (TPSA) is 38.7 Å². The molecule has 0 aromatic carbocycles. The first-order chi connectivity index (χ1) is 10.7. The molecule has 1 N–H and O–H groups in total. The highest BCUT2D eigenvalue weighted by Gasteiger charge is 2.14. The molecule has 0 aliphatic heterocycles. The number of aliphatic hydroxyl groups is 1. The Labute approximate surface area is 137 Å². The average Bonchev–Trinajstić information content (AvgIpc) is 2.51. The summed E-state index contributed by atoms with van der Waals surface area (Å²) in [5.41, 5.74) is 0. The zero-order chi connectivity index (χ0) is 16.5. The smallest absolute Gasteiger partial charge is 0.146 e. The van der Waals surface area contributed by atoms with E-state index in [0.29, 0.717) is 12.8 Å². The zero-order valence-electron chi connectivity index (χ0n) is 14.7. The Hall–Kier alpha value is -0.560. The van der Waals surface area contributed by atoms with Crippen LogP contribution in [0.4, 0.5) is 0 Å². The Balaban J connectivity index is 3.50. The van der Waals surface area contributed by atoms with Crippen molar-refractivity contribution in [3.63, 3.8) is 0 Å². The molecule has 0 bridgehead atoms. The molecule has 2 atom stereocenters. The van der Waals surface area contributed by atoms with Gasteiger partial charge in [0.2, 0.25) is 0 Å². The first kappa shape index (κ1) is 21.4. The van der Waals surface area contributed by atoms with Crippen LogP contribution >= 0.6 is 0 Å². The van der Waals surface area contributed by atoms with E-state index < -0.39 is 0 Å². The van der Waals surface area contributed by atoms with Gasteiger partial charge < -0.3 is 14.6 Å². The Bertz CT molecular complexity index is 260. The summed E-state index contributed by atoms with van der Waals surface area (Å²) in [6.45, 7) is 2.48. The highest BCUT2D eigenvalue weighted by Crippen LogP contribution is 2.15. The summed E-state index contributed by atoms with van der Waals surface area (Å²) in [4.78, 5) is 0. The van der Waals surface area contributed by atoms with Crippen molar-refractivity contribution in [1.82, 2.24) is 0 Å². The molecule has 0 heterocycles. The number of terminal acetylenes is 1. The van der Waals surface area contributed by atoms with Crippen molar-refractivity contribution in [2.45, 2.75) is 96.2 Å². The van der Waals surface area contributed by atoms with E-state index in [0.717, 1.165) is 12.8 Å². The molecule has 0 aromatic rings. The predicted octanol–water partition coefficient (Wildman–Crippen LogP) is 4.67. The Morgan fingerprint density at radius 2 is 1.59 bits per heavy atom. The van der Waals surface area contributed by atoms with Crippen LogP contribution in [0.25, 0.3) is 0 Å². The van der Waals surface area contributed by atoms with Crippen molar-refractivity contribution in [2.24, 2.45) is 0 Å². The van der Waals surface area contributed by atoms with Gasteiger partial charge in [0.25, 0.3) is 0 Å². The third kappa shape index (κ3) is 14.4. The average molecular weight is 312 g/mol. The third-order valence-corrected chi connectivity index (χ3v) is 3.94. The van der Waals surface area contributed by atoms with Crippen LogP contribution < -0.4 is 0 Å². The maximum Gasteiger partial charge on any atom is 0.146 e. The van der Waals surface area contributed by atoms with Gasteiger partial charge in [-0.3, -0.25) is 0 Å². The van der Waals surface area contributed by atoms with Gasteiger partial charge in [-0.15, -0.1) is 12.3 Å². The number of ether oxygens (including phenoxy) is 2. The number of hydrogen-bond acceptors (Lipinski definition) is 3. The van der Waals surface area contributed by atoms with Crippen LogP contribution in [0.2, 0.25) is 0 Å². The summed E-state index contributed by atoms with van der Waals surface area (Å²) in [7, 11) is 1.59. The van der Waals surface area contributed by atoms with Crippen LogP contribution in [0.3, 0.4) is 0 Å². The van der Waals surface area contributed by atoms with Gasteiger partial charge in [-0.2, -0.15) is 0 Å². The second kappa shape index (κ2) is 16.8. The standard InChI is InChI=1S/C19H36O3/c1-4-6-7-8-9-10-11-12-13-15-18(20)16-19(14-5-2)22-17-21-3/h2,18-20H,4,6-17H2,1,3H3/t18-,19-/m1/s1. The molecule has 0 aliphatic rings. The minimum atomic E-state index is -0.320. The van der Waals surface area contributed by atoms with Crippen molar-refractivity contribution in [3.05, 3.63) is 0 Å². The first-order valence-electron chi connectivity index (χ1n) is 8.96. The van der Waals surface area contributed by atoms with Gasteiger partial charge >= 0.3 is 0 Å². The van der Waals surface area contributed by atoms with Gasteiger partial charge in [-0.05, 0) is 6.42 Å². The van der Waals surface area contributed by atoms with E-state index in [1.807, 2.05) is 0 Å². The quantitative estimate of drug-likeness (QED) is 0.256. The lowest BCUT2D eigenvalue weighted by Gasteiger charge is -2.18. The van der Waals surface area contributed by atoms with E-state index in [9.17, 15) is 5.11 Å². The lowest BCUT2D eigenvalue weighted by molar-refractivity contribution is -0.0827. The minimum absolute atomic E-state index is 0.0986. The third-order valence-electron chi connectivity index (χ3n) is 3.94. The van der Waals surface area contributed by atoms with Crippen molar-refractivity contribution >= 4 is 0 Å². The molecule has 0 saturated heterocycles. The highest BCUT2D eigenvalue weighted by molar-refractivity contribution is 4.88. The molecule has 0 radical (unpaired) electrons. The summed E-state index contributed by atoms with van der Waals surface area (Å²) in [5, 5.41) is 10.1. The van der Waals surface area contributed by atoms with Gasteiger partial charge in [-0.1, -0.05) is 64.7 Å². The first-order valence-corrected chi connectivity index (χ1v) is 8.96. The SMILES string of the molecule is C#CC[C@H](C[C@H](O)CCCCCCCCCCC)OCOC. The monoisotopic (exact) mass is 312 g/mol. The summed E-state index contributed by atoms with van der Waals surface area (Å²) in [5.74, 6) is 2.60. The van der Waals surface area contributed by atoms with E-state index in [4.69, 9.17) is 15.9 Å². The van der Waals surface area contributed by atoms with E-state index >= 15 is 0 Å². The van der Waals surface area contributed by atoms with E-state index in [1.165, 1.54) is 51.4 Å². The number of unbranched alkanes of at least 4 members (excludes halogenated alkanes) is 8. The van der Waals surface area contributed by atoms with Crippen LogP contribution in [0.15, 0.2) is 0 Å². The fraction of sp³-hybridized carbons (Fsp3) is 0.895. The molecule has 130 valence electrons. The second-order valence-corrected chi connectivity index (χ2v) is 6.11. The maximum atomic E-state index is 10.1. The normalized spacial score (nSPS) is 13.7. The fourth-order valence-corrected chi connectivity index (χ4v) is 2.62. The molecule has 0 rings (SSSR count). The van der Waals surface area contributed by atoms with Crippen LogP contribution in [-0.4, -0.2) is 31.2 Å². The van der Waals surface area contributed by atoms with Crippen molar-refractivity contribution in [3.8, 4) is 12.3 Å². The summed E-state index contributed by atoms with van der Waals surface area (Å²) >= 11 is 0. The van der Waals surface area contributed by atoms with Crippen LogP contribution in [0.5, 0.6) is 0 Å². The van der Waals surface area contributed by atoms with Gasteiger partial charge in [0, 0.05) is 20.0 Å². The Morgan fingerprint density at radius 3 is 2.14 bits per heavy atom. The second-order valence-electron chi connectivity index (χ2n) is 6.11. The molecular weight excluding hydrogens is 276 g/mol.